The van der Waals surface area contributed by atoms with Crippen LogP contribution < -0.4 is 4.74 Å². The Labute approximate surface area is 151 Å². The second-order valence-electron chi connectivity index (χ2n) is 5.59. The molecule has 1 unspecified atom stereocenters. The number of hydrogen-bond acceptors (Lipinski definition) is 3. The Hall–Kier alpha value is -1.65. The molecule has 1 fully saturated rings. The van der Waals surface area contributed by atoms with Gasteiger partial charge in [-0.15, -0.1) is 11.8 Å². The molecule has 0 spiro atoms. The third-order valence-corrected chi connectivity index (χ3v) is 5.46. The molecule has 1 heterocycles. The Bertz CT molecular complexity index is 705. The summed E-state index contributed by atoms with van der Waals surface area (Å²) in [6.45, 7) is 3.16. The minimum absolute atomic E-state index is 0.0234. The highest BCUT2D eigenvalue weighted by Crippen LogP contribution is 2.42. The molecule has 3 rings (SSSR count). The van der Waals surface area contributed by atoms with Crippen molar-refractivity contribution in [3.8, 4) is 5.75 Å². The summed E-state index contributed by atoms with van der Waals surface area (Å²) in [5.74, 6) is 1.87. The molecule has 0 aromatic heterocycles. The average Bonchev–Trinajstić information content (AvgIpc) is 2.59. The fourth-order valence-electron chi connectivity index (χ4n) is 2.81. The quantitative estimate of drug-likeness (QED) is 0.758. The maximum Gasteiger partial charge on any atom is 0.224 e. The first-order valence-corrected chi connectivity index (χ1v) is 9.49. The molecule has 3 nitrogen and oxygen atoms in total. The van der Waals surface area contributed by atoms with Crippen molar-refractivity contribution in [2.45, 2.75) is 25.3 Å². The standard InChI is InChI=1S/C19H20ClNO2S/c1-2-23-17-6-4-3-5-16(17)19-21(18(22)11-12-24-19)13-14-7-9-15(20)10-8-14/h3-10,19H,2,11-13H2,1H3. The van der Waals surface area contributed by atoms with E-state index in [0.29, 0.717) is 24.6 Å². The molecule has 0 bridgehead atoms. The second kappa shape index (κ2) is 7.95. The first kappa shape index (κ1) is 17.2. The van der Waals surface area contributed by atoms with Crippen molar-refractivity contribution in [3.63, 3.8) is 0 Å². The zero-order valence-corrected chi connectivity index (χ0v) is 15.1. The van der Waals surface area contributed by atoms with Crippen molar-refractivity contribution in [1.29, 1.82) is 0 Å². The summed E-state index contributed by atoms with van der Waals surface area (Å²) in [5, 5.41) is 0.681. The Kier molecular flexibility index (Phi) is 5.69. The zero-order valence-electron chi connectivity index (χ0n) is 13.6. The number of ether oxygens (including phenoxy) is 1. The molecule has 1 aliphatic rings. The molecule has 0 aliphatic carbocycles. The van der Waals surface area contributed by atoms with Crippen molar-refractivity contribution in [3.05, 3.63) is 64.7 Å². The van der Waals surface area contributed by atoms with E-state index in [1.54, 1.807) is 11.8 Å². The van der Waals surface area contributed by atoms with Crippen LogP contribution in [-0.4, -0.2) is 23.2 Å². The second-order valence-corrected chi connectivity index (χ2v) is 7.22. The van der Waals surface area contributed by atoms with E-state index >= 15 is 0 Å². The van der Waals surface area contributed by atoms with Crippen LogP contribution in [0.4, 0.5) is 0 Å². The number of carbonyl (C=O) groups excluding carboxylic acids is 1. The van der Waals surface area contributed by atoms with Gasteiger partial charge in [0.15, 0.2) is 0 Å². The first-order chi connectivity index (χ1) is 11.7. The van der Waals surface area contributed by atoms with Crippen molar-refractivity contribution < 1.29 is 9.53 Å². The van der Waals surface area contributed by atoms with Crippen molar-refractivity contribution >= 4 is 29.3 Å². The molecule has 1 saturated heterocycles. The number of thioether (sulfide) groups is 1. The van der Waals surface area contributed by atoms with E-state index in [0.717, 1.165) is 22.6 Å². The molecule has 0 saturated carbocycles. The van der Waals surface area contributed by atoms with Gasteiger partial charge in [0.2, 0.25) is 5.91 Å². The third kappa shape index (κ3) is 3.87. The summed E-state index contributed by atoms with van der Waals surface area (Å²) < 4.78 is 5.77. The number of rotatable bonds is 5. The van der Waals surface area contributed by atoms with E-state index in [1.165, 1.54) is 0 Å². The lowest BCUT2D eigenvalue weighted by atomic mass is 10.1. The van der Waals surface area contributed by atoms with Crippen LogP contribution in [0.3, 0.4) is 0 Å². The minimum atomic E-state index is -0.0234. The fourth-order valence-corrected chi connectivity index (χ4v) is 4.20. The van der Waals surface area contributed by atoms with Crippen LogP contribution in [0.25, 0.3) is 0 Å². The average molecular weight is 362 g/mol. The molecular weight excluding hydrogens is 342 g/mol. The Morgan fingerprint density at radius 3 is 2.71 bits per heavy atom. The molecule has 24 heavy (non-hydrogen) atoms. The highest BCUT2D eigenvalue weighted by molar-refractivity contribution is 7.99. The lowest BCUT2D eigenvalue weighted by Gasteiger charge is -2.36. The smallest absolute Gasteiger partial charge is 0.224 e. The maximum absolute atomic E-state index is 12.6. The molecular formula is C19H20ClNO2S. The minimum Gasteiger partial charge on any atom is -0.493 e. The Morgan fingerprint density at radius 2 is 1.96 bits per heavy atom. The number of benzene rings is 2. The summed E-state index contributed by atoms with van der Waals surface area (Å²) in [4.78, 5) is 14.5. The lowest BCUT2D eigenvalue weighted by Crippen LogP contribution is -2.36. The topological polar surface area (TPSA) is 29.5 Å². The van der Waals surface area contributed by atoms with Crippen molar-refractivity contribution in [1.82, 2.24) is 4.90 Å². The van der Waals surface area contributed by atoms with Gasteiger partial charge in [0, 0.05) is 29.3 Å². The van der Waals surface area contributed by atoms with Gasteiger partial charge < -0.3 is 9.64 Å². The summed E-state index contributed by atoms with van der Waals surface area (Å²) in [5.41, 5.74) is 2.14. The van der Waals surface area contributed by atoms with E-state index in [9.17, 15) is 4.79 Å². The van der Waals surface area contributed by atoms with Gasteiger partial charge in [0.05, 0.1) is 6.61 Å². The van der Waals surface area contributed by atoms with Gasteiger partial charge in [-0.2, -0.15) is 0 Å². The highest BCUT2D eigenvalue weighted by atomic mass is 35.5. The van der Waals surface area contributed by atoms with Gasteiger partial charge in [0.1, 0.15) is 11.1 Å². The summed E-state index contributed by atoms with van der Waals surface area (Å²) in [6.07, 6.45) is 0.575. The molecule has 126 valence electrons. The number of hydrogen-bond donors (Lipinski definition) is 0. The first-order valence-electron chi connectivity index (χ1n) is 8.06. The third-order valence-electron chi connectivity index (χ3n) is 3.95. The molecule has 2 aromatic rings. The molecule has 5 heteroatoms. The van der Waals surface area contributed by atoms with E-state index in [1.807, 2.05) is 54.3 Å². The van der Waals surface area contributed by atoms with E-state index in [-0.39, 0.29) is 11.3 Å². The maximum atomic E-state index is 12.6. The number of carbonyl (C=O) groups is 1. The van der Waals surface area contributed by atoms with Crippen LogP contribution in [-0.2, 0) is 11.3 Å². The molecule has 1 aliphatic heterocycles. The van der Waals surface area contributed by atoms with Gasteiger partial charge in [-0.25, -0.2) is 0 Å². The summed E-state index contributed by atoms with van der Waals surface area (Å²) >= 11 is 7.75. The van der Waals surface area contributed by atoms with E-state index in [4.69, 9.17) is 16.3 Å². The van der Waals surface area contributed by atoms with Crippen LogP contribution >= 0.6 is 23.4 Å². The Morgan fingerprint density at radius 1 is 1.21 bits per heavy atom. The largest absolute Gasteiger partial charge is 0.493 e. The number of amides is 1. The van der Waals surface area contributed by atoms with E-state index in [2.05, 4.69) is 6.07 Å². The van der Waals surface area contributed by atoms with Crippen LogP contribution in [0.5, 0.6) is 5.75 Å². The zero-order chi connectivity index (χ0) is 16.9. The molecule has 0 N–H and O–H groups in total. The SMILES string of the molecule is CCOc1ccccc1C1SCCC(=O)N1Cc1ccc(Cl)cc1. The van der Waals surface area contributed by atoms with Crippen molar-refractivity contribution in [2.24, 2.45) is 0 Å². The van der Waals surface area contributed by atoms with Crippen LogP contribution in [0, 0.1) is 0 Å². The van der Waals surface area contributed by atoms with Crippen molar-refractivity contribution in [2.75, 3.05) is 12.4 Å². The van der Waals surface area contributed by atoms with Gasteiger partial charge in [-0.3, -0.25) is 4.79 Å². The van der Waals surface area contributed by atoms with E-state index < -0.39 is 0 Å². The summed E-state index contributed by atoms with van der Waals surface area (Å²) in [7, 11) is 0. The molecule has 1 amide bonds. The fraction of sp³-hybridized carbons (Fsp3) is 0.316. The van der Waals surface area contributed by atoms with Gasteiger partial charge in [-0.1, -0.05) is 41.9 Å². The van der Waals surface area contributed by atoms with Crippen LogP contribution in [0.2, 0.25) is 5.02 Å². The lowest BCUT2D eigenvalue weighted by molar-refractivity contribution is -0.132. The van der Waals surface area contributed by atoms with Crippen LogP contribution in [0.15, 0.2) is 48.5 Å². The predicted molar refractivity (Wildman–Crippen MR) is 99.4 cm³/mol. The van der Waals surface area contributed by atoms with Gasteiger partial charge in [0.25, 0.3) is 0 Å². The monoisotopic (exact) mass is 361 g/mol. The molecule has 2 aromatic carbocycles. The molecule has 0 radical (unpaired) electrons. The number of nitrogens with zero attached hydrogens (tertiary/aromatic N) is 1. The van der Waals surface area contributed by atoms with Crippen LogP contribution in [0.1, 0.15) is 29.8 Å². The van der Waals surface area contributed by atoms with Gasteiger partial charge in [-0.05, 0) is 30.7 Å². The summed E-state index contributed by atoms with van der Waals surface area (Å²) in [6, 6.07) is 15.7. The number of halogens is 1. The normalized spacial score (nSPS) is 17.8. The highest BCUT2D eigenvalue weighted by Gasteiger charge is 2.31. The Balaban J connectivity index is 1.89. The molecule has 1 atom stereocenters. The number of para-hydroxylation sites is 1. The van der Waals surface area contributed by atoms with Gasteiger partial charge >= 0.3 is 0 Å². The predicted octanol–water partition coefficient (Wildman–Crippen LogP) is 4.90.